The number of hydrogen-bond donors (Lipinski definition) is 2. The Morgan fingerprint density at radius 3 is 2.62 bits per heavy atom. The van der Waals surface area contributed by atoms with Crippen molar-refractivity contribution in [2.24, 2.45) is 0 Å². The largest absolute Gasteiger partial charge is 0.481 e. The molecular formula is C31H34BrCl3FN3O3. The van der Waals surface area contributed by atoms with Gasteiger partial charge < -0.3 is 15.3 Å². The van der Waals surface area contributed by atoms with Crippen LogP contribution >= 0.6 is 50.7 Å². The Morgan fingerprint density at radius 1 is 1.19 bits per heavy atom. The first-order valence-corrected chi connectivity index (χ1v) is 16.0. The lowest BCUT2D eigenvalue weighted by molar-refractivity contribution is -0.137. The fourth-order valence-corrected chi connectivity index (χ4v) is 7.18. The number of aliphatic carboxylic acids is 1. The number of fused-ring (bicyclic) bond motifs is 1. The third-order valence-electron chi connectivity index (χ3n) is 8.04. The van der Waals surface area contributed by atoms with E-state index in [0.29, 0.717) is 69.3 Å². The van der Waals surface area contributed by atoms with E-state index in [1.165, 1.54) is 0 Å². The van der Waals surface area contributed by atoms with Crippen molar-refractivity contribution in [1.82, 2.24) is 10.3 Å². The predicted octanol–water partition coefficient (Wildman–Crippen LogP) is 8.93. The summed E-state index contributed by atoms with van der Waals surface area (Å²) < 4.78 is 15.2. The molecule has 1 saturated heterocycles. The number of carbonyl (C=O) groups is 2. The van der Waals surface area contributed by atoms with Gasteiger partial charge in [0.05, 0.1) is 27.7 Å². The molecule has 4 rings (SSSR count). The molecule has 226 valence electrons. The number of carbonyl (C=O) groups excluding carboxylic acids is 1. The summed E-state index contributed by atoms with van der Waals surface area (Å²) in [6, 6.07) is 8.79. The second-order valence-corrected chi connectivity index (χ2v) is 13.1. The zero-order valence-corrected chi connectivity index (χ0v) is 27.4. The van der Waals surface area contributed by atoms with Crippen LogP contribution in [0.2, 0.25) is 15.1 Å². The summed E-state index contributed by atoms with van der Waals surface area (Å²) in [6.07, 6.45) is 2.43. The van der Waals surface area contributed by atoms with Gasteiger partial charge in [0.25, 0.3) is 5.91 Å². The summed E-state index contributed by atoms with van der Waals surface area (Å²) in [7, 11) is 0. The second-order valence-electron chi connectivity index (χ2n) is 11.0. The zero-order chi connectivity index (χ0) is 30.6. The lowest BCUT2D eigenvalue weighted by Gasteiger charge is -2.36. The number of hydrogen-bond acceptors (Lipinski definition) is 4. The number of piperidine rings is 1. The lowest BCUT2D eigenvalue weighted by atomic mass is 9.72. The third-order valence-corrected chi connectivity index (χ3v) is 9.66. The van der Waals surface area contributed by atoms with E-state index in [0.717, 1.165) is 17.3 Å². The number of amides is 1. The Balaban J connectivity index is 1.80. The average molecular weight is 702 g/mol. The number of halogens is 5. The smallest absolute Gasteiger partial charge is 0.303 e. The standard InChI is InChI=1S/C31H34BrCl3FN3O3/c1-3-4-12-31(13-11-25(40)41,27-22(33)8-9-23(34)28(27)35)17-37-30(42)26-18(2)29(39-14-5-6-20(36)16-39)38-24-10-7-19(32)15-21(24)26/h7-10,15,20H,3-6,11-14,16-17H2,1-2H3,(H,37,42)(H,40,41). The molecule has 3 aromatic rings. The minimum atomic E-state index is -0.963. The molecule has 0 radical (unpaired) electrons. The Bertz CT molecular complexity index is 1490. The van der Waals surface area contributed by atoms with Crippen LogP contribution < -0.4 is 10.2 Å². The van der Waals surface area contributed by atoms with E-state index in [1.807, 2.05) is 36.9 Å². The molecule has 2 N–H and O–H groups in total. The van der Waals surface area contributed by atoms with Gasteiger partial charge in [-0.3, -0.25) is 9.59 Å². The van der Waals surface area contributed by atoms with Crippen molar-refractivity contribution in [3.63, 3.8) is 0 Å². The third kappa shape index (κ3) is 7.15. The molecule has 0 saturated carbocycles. The van der Waals surface area contributed by atoms with Crippen molar-refractivity contribution in [2.45, 2.75) is 70.4 Å². The SMILES string of the molecule is CCCCC(CCC(=O)O)(CNC(=O)c1c(C)c(N2CCCC(F)C2)nc2ccc(Br)cc12)c1c(Cl)ccc(Cl)c1Cl. The van der Waals surface area contributed by atoms with Crippen molar-refractivity contribution in [1.29, 1.82) is 0 Å². The lowest BCUT2D eigenvalue weighted by Crippen LogP contribution is -2.42. The fraction of sp³-hybridized carbons (Fsp3) is 0.452. The summed E-state index contributed by atoms with van der Waals surface area (Å²) in [5.41, 5.74) is 1.35. The molecule has 11 heteroatoms. The molecule has 0 bridgehead atoms. The van der Waals surface area contributed by atoms with Gasteiger partial charge in [-0.1, -0.05) is 70.5 Å². The molecule has 42 heavy (non-hydrogen) atoms. The average Bonchev–Trinajstić information content (AvgIpc) is 2.95. The number of nitrogens with zero attached hydrogens (tertiary/aromatic N) is 2. The van der Waals surface area contributed by atoms with Gasteiger partial charge in [-0.05, 0) is 68.5 Å². The summed E-state index contributed by atoms with van der Waals surface area (Å²) >= 11 is 23.3. The maximum Gasteiger partial charge on any atom is 0.303 e. The number of rotatable bonds is 11. The summed E-state index contributed by atoms with van der Waals surface area (Å²) in [4.78, 5) is 32.7. The predicted molar refractivity (Wildman–Crippen MR) is 172 cm³/mol. The van der Waals surface area contributed by atoms with E-state index in [4.69, 9.17) is 39.8 Å². The number of nitrogens with one attached hydrogen (secondary N) is 1. The van der Waals surface area contributed by atoms with Crippen LogP contribution in [0.5, 0.6) is 0 Å². The summed E-state index contributed by atoms with van der Waals surface area (Å²) in [5, 5.41) is 14.3. The van der Waals surface area contributed by atoms with Crippen LogP contribution in [0, 0.1) is 6.92 Å². The first-order chi connectivity index (χ1) is 20.0. The quantitative estimate of drug-likeness (QED) is 0.195. The minimum Gasteiger partial charge on any atom is -0.481 e. The van der Waals surface area contributed by atoms with Gasteiger partial charge in [0, 0.05) is 45.4 Å². The number of unbranched alkanes of at least 4 members (excludes halogenated alkanes) is 1. The molecular weight excluding hydrogens is 668 g/mol. The van der Waals surface area contributed by atoms with Gasteiger partial charge in [-0.15, -0.1) is 0 Å². The van der Waals surface area contributed by atoms with E-state index in [-0.39, 0.29) is 36.9 Å². The Labute approximate surface area is 269 Å². The van der Waals surface area contributed by atoms with E-state index in [2.05, 4.69) is 21.2 Å². The Hall–Kier alpha value is -2.13. The molecule has 0 aliphatic carbocycles. The van der Waals surface area contributed by atoms with Crippen LogP contribution in [0.25, 0.3) is 10.9 Å². The van der Waals surface area contributed by atoms with Gasteiger partial charge in [0.2, 0.25) is 0 Å². The van der Waals surface area contributed by atoms with E-state index in [1.54, 1.807) is 12.1 Å². The molecule has 1 aromatic heterocycles. The normalized spacial score (nSPS) is 16.8. The minimum absolute atomic E-state index is 0.0851. The second kappa shape index (κ2) is 14.1. The molecule has 2 heterocycles. The maximum absolute atomic E-state index is 14.4. The van der Waals surface area contributed by atoms with Crippen molar-refractivity contribution in [3.05, 3.63) is 66.6 Å². The van der Waals surface area contributed by atoms with Crippen LogP contribution in [0.3, 0.4) is 0 Å². The number of anilines is 1. The first kappa shape index (κ1) is 32.8. The van der Waals surface area contributed by atoms with Crippen molar-refractivity contribution in [2.75, 3.05) is 24.5 Å². The van der Waals surface area contributed by atoms with E-state index in [9.17, 15) is 19.1 Å². The van der Waals surface area contributed by atoms with Gasteiger partial charge >= 0.3 is 5.97 Å². The summed E-state index contributed by atoms with van der Waals surface area (Å²) in [5.74, 6) is -0.727. The Morgan fingerprint density at radius 2 is 1.93 bits per heavy atom. The van der Waals surface area contributed by atoms with Gasteiger partial charge in [-0.2, -0.15) is 0 Å². The van der Waals surface area contributed by atoms with E-state index < -0.39 is 17.6 Å². The number of aromatic nitrogens is 1. The highest BCUT2D eigenvalue weighted by atomic mass is 79.9. The van der Waals surface area contributed by atoms with E-state index >= 15 is 0 Å². The number of carboxylic acids is 1. The molecule has 6 nitrogen and oxygen atoms in total. The van der Waals surface area contributed by atoms with Crippen LogP contribution in [-0.4, -0.2) is 47.8 Å². The highest BCUT2D eigenvalue weighted by molar-refractivity contribution is 9.10. The first-order valence-electron chi connectivity index (χ1n) is 14.1. The van der Waals surface area contributed by atoms with Gasteiger partial charge in [-0.25, -0.2) is 9.37 Å². The number of carboxylic acid groups (broad SMARTS) is 1. The van der Waals surface area contributed by atoms with Gasteiger partial charge in [0.15, 0.2) is 0 Å². The molecule has 1 aliphatic heterocycles. The molecule has 2 unspecified atom stereocenters. The molecule has 2 atom stereocenters. The van der Waals surface area contributed by atoms with Gasteiger partial charge in [0.1, 0.15) is 12.0 Å². The molecule has 1 amide bonds. The highest BCUT2D eigenvalue weighted by Gasteiger charge is 2.38. The molecule has 1 fully saturated rings. The van der Waals surface area contributed by atoms with Crippen LogP contribution in [0.4, 0.5) is 10.2 Å². The number of alkyl halides is 1. The fourth-order valence-electron chi connectivity index (χ4n) is 5.89. The number of pyridine rings is 1. The van der Waals surface area contributed by atoms with Crippen molar-refractivity contribution in [3.8, 4) is 0 Å². The van der Waals surface area contributed by atoms with Crippen molar-refractivity contribution >= 4 is 79.3 Å². The molecule has 2 aromatic carbocycles. The summed E-state index contributed by atoms with van der Waals surface area (Å²) in [6.45, 7) is 4.83. The monoisotopic (exact) mass is 699 g/mol. The van der Waals surface area contributed by atoms with Crippen LogP contribution in [0.15, 0.2) is 34.8 Å². The number of benzene rings is 2. The Kier molecular flexibility index (Phi) is 11.0. The van der Waals surface area contributed by atoms with Crippen LogP contribution in [0.1, 0.15) is 73.4 Å². The molecule has 1 aliphatic rings. The highest BCUT2D eigenvalue weighted by Crippen LogP contribution is 2.45. The maximum atomic E-state index is 14.4. The molecule has 0 spiro atoms. The zero-order valence-electron chi connectivity index (χ0n) is 23.6. The van der Waals surface area contributed by atoms with Crippen molar-refractivity contribution < 1.29 is 19.1 Å². The topological polar surface area (TPSA) is 82.5 Å². The van der Waals surface area contributed by atoms with Crippen LogP contribution in [-0.2, 0) is 10.2 Å².